The second-order valence-corrected chi connectivity index (χ2v) is 9.43. The van der Waals surface area contributed by atoms with Gasteiger partial charge in [0, 0.05) is 43.3 Å². The number of nitrogens with zero attached hydrogens (tertiary/aromatic N) is 3. The lowest BCUT2D eigenvalue weighted by atomic mass is 10.1. The van der Waals surface area contributed by atoms with Crippen LogP contribution in [0.1, 0.15) is 28.6 Å². The molecule has 184 valence electrons. The number of nitrogens with one attached hydrogen (secondary N) is 1. The Labute approximate surface area is 210 Å². The third-order valence-electron chi connectivity index (χ3n) is 6.03. The molecule has 0 spiro atoms. The van der Waals surface area contributed by atoms with E-state index in [1.54, 1.807) is 14.2 Å². The molecule has 2 aromatic heterocycles. The zero-order valence-corrected chi connectivity index (χ0v) is 21.7. The van der Waals surface area contributed by atoms with Gasteiger partial charge in [0.25, 0.3) is 5.91 Å². The number of methoxy groups -OCH3 is 2. The molecule has 0 aliphatic heterocycles. The van der Waals surface area contributed by atoms with Gasteiger partial charge < -0.3 is 19.7 Å². The maximum absolute atomic E-state index is 12.9. The van der Waals surface area contributed by atoms with Crippen LogP contribution in [0.2, 0.25) is 0 Å². The first-order valence-electron chi connectivity index (χ1n) is 11.7. The number of hydrogen-bond donors (Lipinski definition) is 1. The van der Waals surface area contributed by atoms with Gasteiger partial charge in [-0.15, -0.1) is 11.3 Å². The van der Waals surface area contributed by atoms with Gasteiger partial charge in [0.15, 0.2) is 11.5 Å². The number of aryl methyl sites for hydroxylation is 2. The average molecular weight is 493 g/mol. The van der Waals surface area contributed by atoms with Crippen molar-refractivity contribution in [2.24, 2.45) is 7.05 Å². The van der Waals surface area contributed by atoms with Crippen molar-refractivity contribution in [3.63, 3.8) is 0 Å². The molecule has 2 heterocycles. The lowest BCUT2D eigenvalue weighted by Gasteiger charge is -2.23. The first-order chi connectivity index (χ1) is 16.9. The molecule has 4 rings (SSSR count). The van der Waals surface area contributed by atoms with E-state index in [9.17, 15) is 4.79 Å². The van der Waals surface area contributed by atoms with Crippen LogP contribution in [0.4, 0.5) is 5.69 Å². The number of benzene rings is 2. The van der Waals surface area contributed by atoms with Crippen molar-refractivity contribution >= 4 is 33.1 Å². The number of fused-ring (bicyclic) bond motifs is 1. The topological polar surface area (TPSA) is 68.6 Å². The van der Waals surface area contributed by atoms with E-state index in [2.05, 4.69) is 53.4 Å². The molecule has 7 nitrogen and oxygen atoms in total. The number of carbonyl (C=O) groups excluding carboxylic acids is 1. The second kappa shape index (κ2) is 10.8. The van der Waals surface area contributed by atoms with Crippen molar-refractivity contribution in [3.8, 4) is 22.8 Å². The van der Waals surface area contributed by atoms with Crippen molar-refractivity contribution in [1.29, 1.82) is 0 Å². The van der Waals surface area contributed by atoms with E-state index in [-0.39, 0.29) is 5.91 Å². The smallest absolute Gasteiger partial charge is 0.261 e. The van der Waals surface area contributed by atoms with Crippen LogP contribution in [0.5, 0.6) is 11.5 Å². The number of anilines is 1. The van der Waals surface area contributed by atoms with E-state index >= 15 is 0 Å². The van der Waals surface area contributed by atoms with E-state index in [1.165, 1.54) is 22.6 Å². The normalized spacial score (nSPS) is 11.0. The van der Waals surface area contributed by atoms with E-state index in [0.717, 1.165) is 41.0 Å². The summed E-state index contributed by atoms with van der Waals surface area (Å²) < 4.78 is 12.6. The Morgan fingerprint density at radius 1 is 1.11 bits per heavy atom. The number of carbonyl (C=O) groups is 1. The van der Waals surface area contributed by atoms with Gasteiger partial charge >= 0.3 is 0 Å². The Balaban J connectivity index is 1.44. The number of hydrogen-bond acceptors (Lipinski definition) is 6. The third-order valence-corrected chi connectivity index (χ3v) is 7.23. The van der Waals surface area contributed by atoms with Gasteiger partial charge in [0.1, 0.15) is 10.5 Å². The molecule has 0 saturated carbocycles. The van der Waals surface area contributed by atoms with Crippen molar-refractivity contribution in [2.75, 3.05) is 38.8 Å². The van der Waals surface area contributed by atoms with Gasteiger partial charge in [-0.05, 0) is 62.2 Å². The van der Waals surface area contributed by atoms with Crippen LogP contribution in [0.25, 0.3) is 21.5 Å². The van der Waals surface area contributed by atoms with Crippen molar-refractivity contribution in [1.82, 2.24) is 15.1 Å². The number of amides is 1. The predicted octanol–water partition coefficient (Wildman–Crippen LogP) is 5.27. The number of thiophene rings is 1. The lowest BCUT2D eigenvalue weighted by Crippen LogP contribution is -2.29. The number of rotatable bonds is 10. The molecule has 0 radical (unpaired) electrons. The van der Waals surface area contributed by atoms with Crippen LogP contribution in [0.15, 0.2) is 48.5 Å². The molecule has 4 aromatic rings. The summed E-state index contributed by atoms with van der Waals surface area (Å²) in [4.78, 5) is 16.9. The van der Waals surface area contributed by atoms with E-state index in [0.29, 0.717) is 22.9 Å². The van der Waals surface area contributed by atoms with Crippen molar-refractivity contribution < 1.29 is 14.3 Å². The van der Waals surface area contributed by atoms with Crippen LogP contribution < -0.4 is 19.7 Å². The minimum Gasteiger partial charge on any atom is -0.493 e. The van der Waals surface area contributed by atoms with Crippen molar-refractivity contribution in [3.05, 3.63) is 59.0 Å². The van der Waals surface area contributed by atoms with E-state index in [4.69, 9.17) is 9.47 Å². The Bertz CT molecular complexity index is 1330. The Morgan fingerprint density at radius 2 is 1.91 bits per heavy atom. The molecule has 0 atom stereocenters. The molecule has 0 unspecified atom stereocenters. The maximum atomic E-state index is 12.9. The Kier molecular flexibility index (Phi) is 7.60. The minimum atomic E-state index is -0.0527. The first-order valence-corrected chi connectivity index (χ1v) is 12.6. The maximum Gasteiger partial charge on any atom is 0.261 e. The number of ether oxygens (including phenoxy) is 2. The van der Waals surface area contributed by atoms with Crippen LogP contribution in [0.3, 0.4) is 0 Å². The molecule has 8 heteroatoms. The van der Waals surface area contributed by atoms with Gasteiger partial charge in [-0.1, -0.05) is 12.1 Å². The molecular formula is C27H32N4O3S. The molecule has 0 saturated heterocycles. The average Bonchev–Trinajstić information content (AvgIpc) is 3.44. The summed E-state index contributed by atoms with van der Waals surface area (Å²) in [6.07, 6.45) is 0.872. The molecule has 0 aliphatic carbocycles. The highest BCUT2D eigenvalue weighted by molar-refractivity contribution is 7.20. The Hall–Kier alpha value is -3.52. The van der Waals surface area contributed by atoms with E-state index in [1.807, 2.05) is 36.0 Å². The van der Waals surface area contributed by atoms with Crippen LogP contribution in [-0.4, -0.2) is 49.5 Å². The molecule has 35 heavy (non-hydrogen) atoms. The Morgan fingerprint density at radius 3 is 2.63 bits per heavy atom. The van der Waals surface area contributed by atoms with Gasteiger partial charge in [-0.2, -0.15) is 5.10 Å². The molecule has 0 bridgehead atoms. The third kappa shape index (κ3) is 5.27. The molecule has 0 aliphatic rings. The molecule has 1 N–H and O–H groups in total. The highest BCUT2D eigenvalue weighted by atomic mass is 32.1. The molecular weight excluding hydrogens is 460 g/mol. The fourth-order valence-electron chi connectivity index (χ4n) is 4.20. The second-order valence-electron chi connectivity index (χ2n) is 8.40. The molecule has 1 amide bonds. The quantitative estimate of drug-likeness (QED) is 0.305. The highest BCUT2D eigenvalue weighted by Gasteiger charge is 2.19. The monoisotopic (exact) mass is 492 g/mol. The summed E-state index contributed by atoms with van der Waals surface area (Å²) in [7, 11) is 5.13. The first kappa shape index (κ1) is 24.6. The van der Waals surface area contributed by atoms with Gasteiger partial charge in [-0.25, -0.2) is 0 Å². The van der Waals surface area contributed by atoms with E-state index < -0.39 is 0 Å². The zero-order chi connectivity index (χ0) is 24.9. The highest BCUT2D eigenvalue weighted by Crippen LogP contribution is 2.37. The fourth-order valence-corrected chi connectivity index (χ4v) is 5.19. The largest absolute Gasteiger partial charge is 0.493 e. The summed E-state index contributed by atoms with van der Waals surface area (Å²) in [5.41, 5.74) is 4.20. The predicted molar refractivity (Wildman–Crippen MR) is 143 cm³/mol. The molecule has 2 aromatic carbocycles. The standard InChI is InChI=1S/C27H32N4O3S/c1-6-31(20-10-7-9-18(2)15-20)14-8-13-28-26(32)24-17-21-25(29-30(3)27(21)35-24)19-11-12-22(33-4)23(16-19)34-5/h7,9-12,15-17H,6,8,13-14H2,1-5H3,(H,28,32). The summed E-state index contributed by atoms with van der Waals surface area (Å²) in [5.74, 6) is 1.25. The number of aromatic nitrogens is 2. The summed E-state index contributed by atoms with van der Waals surface area (Å²) >= 11 is 1.45. The molecule has 0 fully saturated rings. The zero-order valence-electron chi connectivity index (χ0n) is 20.9. The van der Waals surface area contributed by atoms with Crippen LogP contribution in [0, 0.1) is 6.92 Å². The minimum absolute atomic E-state index is 0.0527. The van der Waals surface area contributed by atoms with Gasteiger partial charge in [0.05, 0.1) is 19.1 Å². The van der Waals surface area contributed by atoms with Gasteiger partial charge in [0.2, 0.25) is 0 Å². The summed E-state index contributed by atoms with van der Waals surface area (Å²) in [6.45, 7) is 6.70. The van der Waals surface area contributed by atoms with Gasteiger partial charge in [-0.3, -0.25) is 9.48 Å². The summed E-state index contributed by atoms with van der Waals surface area (Å²) in [5, 5.41) is 8.72. The van der Waals surface area contributed by atoms with Crippen molar-refractivity contribution in [2.45, 2.75) is 20.3 Å². The lowest BCUT2D eigenvalue weighted by molar-refractivity contribution is 0.0957. The van der Waals surface area contributed by atoms with Crippen LogP contribution in [-0.2, 0) is 7.05 Å². The SMILES string of the molecule is CCN(CCCNC(=O)c1cc2c(-c3ccc(OC)c(OC)c3)nn(C)c2s1)c1cccc(C)c1. The fraction of sp³-hybridized carbons (Fsp3) is 0.333. The van der Waals surface area contributed by atoms with Crippen LogP contribution >= 0.6 is 11.3 Å². The summed E-state index contributed by atoms with van der Waals surface area (Å²) in [6, 6.07) is 16.2.